The van der Waals surface area contributed by atoms with Crippen molar-refractivity contribution in [2.24, 2.45) is 4.40 Å². The molecule has 2 aliphatic rings. The average molecular weight is 428 g/mol. The van der Waals surface area contributed by atoms with E-state index in [0.717, 1.165) is 11.1 Å². The summed E-state index contributed by atoms with van der Waals surface area (Å²) in [6.45, 7) is 0.265. The second-order valence-corrected chi connectivity index (χ2v) is 8.91. The van der Waals surface area contributed by atoms with Gasteiger partial charge in [-0.25, -0.2) is 8.42 Å². The van der Waals surface area contributed by atoms with Crippen LogP contribution in [0.2, 0.25) is 5.02 Å². The number of sulfonamides is 1. The third-order valence-electron chi connectivity index (χ3n) is 4.70. The minimum Gasteiger partial charge on any atom is -0.341 e. The number of nitrogens with zero attached hydrogens (tertiary/aromatic N) is 2. The third kappa shape index (κ3) is 4.41. The van der Waals surface area contributed by atoms with Crippen LogP contribution in [0, 0.1) is 0 Å². The quantitative estimate of drug-likeness (QED) is 0.813. The second-order valence-electron chi connectivity index (χ2n) is 6.72. The van der Waals surface area contributed by atoms with Crippen molar-refractivity contribution in [3.63, 3.8) is 0 Å². The van der Waals surface area contributed by atoms with E-state index in [1.54, 1.807) is 35.4 Å². The van der Waals surface area contributed by atoms with Gasteiger partial charge in [-0.05, 0) is 35.4 Å². The van der Waals surface area contributed by atoms with Crippen molar-refractivity contribution in [2.75, 3.05) is 12.3 Å². The summed E-state index contributed by atoms with van der Waals surface area (Å²) in [4.78, 5) is 14.7. The Bertz CT molecular complexity index is 1120. The first-order valence-electron chi connectivity index (χ1n) is 9.02. The third-order valence-corrected chi connectivity index (χ3v) is 6.11. The molecule has 8 heteroatoms. The summed E-state index contributed by atoms with van der Waals surface area (Å²) >= 11 is 6.01. The van der Waals surface area contributed by atoms with Gasteiger partial charge in [-0.3, -0.25) is 4.79 Å². The summed E-state index contributed by atoms with van der Waals surface area (Å²) in [6.07, 6.45) is 4.76. The number of hydrogen-bond donors (Lipinski definition) is 1. The Morgan fingerprint density at radius 1 is 1.03 bits per heavy atom. The van der Waals surface area contributed by atoms with Crippen LogP contribution >= 0.6 is 11.6 Å². The molecule has 1 N–H and O–H groups in total. The summed E-state index contributed by atoms with van der Waals surface area (Å²) in [6, 6.07) is 16.6. The Kier molecular flexibility index (Phi) is 5.25. The topological polar surface area (TPSA) is 78.8 Å². The Labute approximate surface area is 174 Å². The Morgan fingerprint density at radius 2 is 1.72 bits per heavy atom. The van der Waals surface area contributed by atoms with Gasteiger partial charge in [0.15, 0.2) is 0 Å². The zero-order chi connectivity index (χ0) is 20.4. The summed E-state index contributed by atoms with van der Waals surface area (Å²) in [5.41, 5.74) is 2.27. The van der Waals surface area contributed by atoms with E-state index in [1.165, 1.54) is 0 Å². The smallest absolute Gasteiger partial charge is 0.256 e. The highest BCUT2D eigenvalue weighted by Gasteiger charge is 2.26. The molecule has 6 nitrogen and oxygen atoms in total. The Balaban J connectivity index is 1.60. The van der Waals surface area contributed by atoms with E-state index < -0.39 is 10.0 Å². The number of halogens is 1. The van der Waals surface area contributed by atoms with Gasteiger partial charge >= 0.3 is 0 Å². The van der Waals surface area contributed by atoms with Crippen LogP contribution in [0.3, 0.4) is 0 Å². The van der Waals surface area contributed by atoms with E-state index in [0.29, 0.717) is 16.4 Å². The first-order valence-corrected chi connectivity index (χ1v) is 11.0. The van der Waals surface area contributed by atoms with Crippen LogP contribution in [0.1, 0.15) is 17.2 Å². The van der Waals surface area contributed by atoms with Gasteiger partial charge in [0.1, 0.15) is 5.84 Å². The second kappa shape index (κ2) is 7.85. The van der Waals surface area contributed by atoms with E-state index in [2.05, 4.69) is 9.71 Å². The van der Waals surface area contributed by atoms with Crippen LogP contribution in [-0.2, 0) is 14.8 Å². The lowest BCUT2D eigenvalue weighted by atomic mass is 9.98. The molecule has 29 heavy (non-hydrogen) atoms. The fraction of sp³-hybridized carbons (Fsp3) is 0.143. The van der Waals surface area contributed by atoms with Gasteiger partial charge < -0.3 is 10.2 Å². The highest BCUT2D eigenvalue weighted by atomic mass is 35.5. The SMILES string of the molecule is O=C(N[C@H](c1ccccc1)c1ccc(Cl)cc1)C1=CN2CCS(=O)(=O)N=C2C=C1. The number of hydrogen-bond acceptors (Lipinski definition) is 4. The standard InChI is InChI=1S/C21H18ClN3O3S/c22-18-9-6-16(7-10-18)20(15-4-2-1-3-5-15)23-21(26)17-8-11-19-24-29(27,28)13-12-25(19)14-17/h1-11,14,20H,12-13H2,(H,23,26)/t20-/m1/s1. The molecule has 0 radical (unpaired) electrons. The number of benzene rings is 2. The van der Waals surface area contributed by atoms with Crippen LogP contribution in [-0.4, -0.2) is 37.4 Å². The van der Waals surface area contributed by atoms with Crippen molar-refractivity contribution < 1.29 is 13.2 Å². The highest BCUT2D eigenvalue weighted by molar-refractivity contribution is 7.90. The first kappa shape index (κ1) is 19.4. The van der Waals surface area contributed by atoms with Gasteiger partial charge in [0, 0.05) is 17.8 Å². The summed E-state index contributed by atoms with van der Waals surface area (Å²) in [7, 11) is -3.43. The molecule has 148 valence electrons. The molecule has 0 aliphatic carbocycles. The highest BCUT2D eigenvalue weighted by Crippen LogP contribution is 2.25. The Morgan fingerprint density at radius 3 is 2.45 bits per heavy atom. The maximum Gasteiger partial charge on any atom is 0.256 e. The number of carbonyl (C=O) groups excluding carboxylic acids is 1. The molecule has 0 fully saturated rings. The van der Waals surface area contributed by atoms with Crippen LogP contribution in [0.5, 0.6) is 0 Å². The minimum absolute atomic E-state index is 0.0762. The molecule has 0 bridgehead atoms. The van der Waals surface area contributed by atoms with Crippen LogP contribution in [0.25, 0.3) is 0 Å². The molecule has 2 aliphatic heterocycles. The molecule has 1 amide bonds. The van der Waals surface area contributed by atoms with Gasteiger partial charge in [0.05, 0.1) is 17.4 Å². The molecule has 0 saturated carbocycles. The largest absolute Gasteiger partial charge is 0.341 e. The first-order chi connectivity index (χ1) is 13.9. The normalized spacial score (nSPS) is 18.3. The van der Waals surface area contributed by atoms with Crippen molar-refractivity contribution >= 4 is 33.4 Å². The van der Waals surface area contributed by atoms with E-state index in [-0.39, 0.29) is 24.2 Å². The lowest BCUT2D eigenvalue weighted by molar-refractivity contribution is -0.117. The van der Waals surface area contributed by atoms with Crippen molar-refractivity contribution in [3.05, 3.63) is 94.7 Å². The number of amides is 1. The lowest BCUT2D eigenvalue weighted by Crippen LogP contribution is -2.38. The van der Waals surface area contributed by atoms with E-state index >= 15 is 0 Å². The molecule has 2 aromatic rings. The van der Waals surface area contributed by atoms with Crippen molar-refractivity contribution in [3.8, 4) is 0 Å². The molecule has 2 aromatic carbocycles. The number of fused-ring (bicyclic) bond motifs is 1. The molecule has 0 spiro atoms. The number of rotatable bonds is 4. The molecule has 1 atom stereocenters. The molecule has 0 saturated heterocycles. The van der Waals surface area contributed by atoms with E-state index in [4.69, 9.17) is 11.6 Å². The van der Waals surface area contributed by atoms with Gasteiger partial charge in [-0.1, -0.05) is 54.1 Å². The molecule has 0 aromatic heterocycles. The van der Waals surface area contributed by atoms with Crippen LogP contribution in [0.4, 0.5) is 0 Å². The summed E-state index contributed by atoms with van der Waals surface area (Å²) in [5, 5.41) is 3.69. The number of carbonyl (C=O) groups is 1. The molecule has 4 rings (SSSR count). The maximum absolute atomic E-state index is 13.0. The maximum atomic E-state index is 13.0. The molecular weight excluding hydrogens is 410 g/mol. The zero-order valence-electron chi connectivity index (χ0n) is 15.3. The minimum atomic E-state index is -3.43. The summed E-state index contributed by atoms with van der Waals surface area (Å²) < 4.78 is 27.0. The fourth-order valence-corrected chi connectivity index (χ4v) is 4.30. The monoisotopic (exact) mass is 427 g/mol. The number of nitrogens with one attached hydrogen (secondary N) is 1. The molecule has 0 unspecified atom stereocenters. The summed E-state index contributed by atoms with van der Waals surface area (Å²) in [5.74, 6) is -0.0182. The van der Waals surface area contributed by atoms with E-state index in [1.807, 2.05) is 42.5 Å². The number of amidine groups is 1. The van der Waals surface area contributed by atoms with Gasteiger partial charge in [0.25, 0.3) is 15.9 Å². The molecular formula is C21H18ClN3O3S. The molecule has 2 heterocycles. The predicted molar refractivity (Wildman–Crippen MR) is 113 cm³/mol. The average Bonchev–Trinajstić information content (AvgIpc) is 2.72. The van der Waals surface area contributed by atoms with Crippen LogP contribution < -0.4 is 5.32 Å². The van der Waals surface area contributed by atoms with Crippen molar-refractivity contribution in [1.29, 1.82) is 0 Å². The fourth-order valence-electron chi connectivity index (χ4n) is 3.21. The zero-order valence-corrected chi connectivity index (χ0v) is 16.9. The van der Waals surface area contributed by atoms with Gasteiger partial charge in [0.2, 0.25) is 0 Å². The Hall–Kier alpha value is -2.90. The predicted octanol–water partition coefficient (Wildman–Crippen LogP) is 3.04. The van der Waals surface area contributed by atoms with Crippen LogP contribution in [0.15, 0.2) is 82.9 Å². The van der Waals surface area contributed by atoms with Gasteiger partial charge in [-0.15, -0.1) is 4.40 Å². The van der Waals surface area contributed by atoms with Crippen molar-refractivity contribution in [2.45, 2.75) is 6.04 Å². The van der Waals surface area contributed by atoms with E-state index in [9.17, 15) is 13.2 Å². The van der Waals surface area contributed by atoms with Gasteiger partial charge in [-0.2, -0.15) is 0 Å². The lowest BCUT2D eigenvalue weighted by Gasteiger charge is -2.27. The van der Waals surface area contributed by atoms with Crippen molar-refractivity contribution in [1.82, 2.24) is 10.2 Å².